The summed E-state index contributed by atoms with van der Waals surface area (Å²) < 4.78 is 128. The van der Waals surface area contributed by atoms with E-state index in [9.17, 15) is 28.8 Å². The molecule has 390 valence electrons. The number of esters is 6. The highest BCUT2D eigenvalue weighted by molar-refractivity contribution is 7.89. The quantitative estimate of drug-likeness (QED) is 0.144. The van der Waals surface area contributed by atoms with Crippen molar-refractivity contribution in [3.63, 3.8) is 0 Å². The van der Waals surface area contributed by atoms with Crippen LogP contribution >= 0.6 is 0 Å². The molecular weight excluding hydrogens is 1040 g/mol. The summed E-state index contributed by atoms with van der Waals surface area (Å²) in [4.78, 5) is 85.8. The molecule has 0 unspecified atom stereocenters. The van der Waals surface area contributed by atoms with E-state index in [2.05, 4.69) is 0 Å². The largest absolute Gasteiger partial charge is 0.466 e. The predicted molar refractivity (Wildman–Crippen MR) is 257 cm³/mol. The number of aryl methyl sites for hydroxylation is 3. The number of rotatable bonds is 12. The average molecular weight is 1080 g/mol. The molecule has 0 spiro atoms. The minimum absolute atomic E-state index is 0.247. The average Bonchev–Trinajstić information content (AvgIpc) is 4.27. The molecular formula is C51H45N3O18S3. The van der Waals surface area contributed by atoms with Gasteiger partial charge in [0, 0.05) is 0 Å². The second-order valence-corrected chi connectivity index (χ2v) is 23.8. The van der Waals surface area contributed by atoms with Crippen LogP contribution in [0.1, 0.15) is 86.3 Å². The lowest BCUT2D eigenvalue weighted by atomic mass is 9.69. The molecule has 0 aromatic heterocycles. The standard InChI is InChI=1S/C51H45N3O18S3/c1-22-10-16-25(17-11-22)73(61,62)52-40-28-29(41(52)35(47(56)68-5)34(40)46(55)67-4)31-33(45-39(51(60)72-9)37(49(58)70-7)43(31)54(45)75(65,66)27-20-14-24(3)15-21-27)32-30(28)42-36(48(57)69-6)38(50(59)71-8)44(32)53(42)74(63,64)26-18-12-23(2)13-19-26/h10-21,40-45H,1-9H3/t40-,41+,42+,43-,44-,45+. The van der Waals surface area contributed by atoms with Gasteiger partial charge < -0.3 is 28.4 Å². The van der Waals surface area contributed by atoms with Crippen LogP contribution in [0.3, 0.4) is 0 Å². The van der Waals surface area contributed by atoms with Crippen LogP contribution in [0.2, 0.25) is 0 Å². The Balaban J connectivity index is 1.44. The molecule has 0 saturated carbocycles. The van der Waals surface area contributed by atoms with Crippen molar-refractivity contribution in [2.75, 3.05) is 42.7 Å². The summed E-state index contributed by atoms with van der Waals surface area (Å²) in [6.07, 6.45) is 0. The zero-order chi connectivity index (χ0) is 54.3. The lowest BCUT2D eigenvalue weighted by Gasteiger charge is -2.32. The normalized spacial score (nSPS) is 22.5. The SMILES string of the molecule is COC(=O)C1=C(C(=O)OC)[C@H]2c3c(c4c(c5c3[C@H]3C(C(=O)OC)=C(C(=O)OC)[C@@H]5N3S(=O)(=O)c3ccc(C)cc3)[C@H]3C(C(=O)OC)=C(C(=O)OC)[C@@H]4N3S(=O)(=O)c3ccc(C)cc3)[C@@H]1N2S(=O)(=O)c1ccc(C)cc1. The smallest absolute Gasteiger partial charge is 0.336 e. The fourth-order valence-electron chi connectivity index (χ4n) is 11.7. The number of ether oxygens (including phenoxy) is 6. The third-order valence-electron chi connectivity index (χ3n) is 14.6. The molecule has 4 aromatic carbocycles. The number of fused-ring (bicyclic) bond motifs is 18. The Morgan fingerprint density at radius 1 is 0.307 bits per heavy atom. The second-order valence-electron chi connectivity index (χ2n) is 18.3. The number of hydrogen-bond donors (Lipinski definition) is 0. The first kappa shape index (κ1) is 51.1. The van der Waals surface area contributed by atoms with Crippen LogP contribution in [0.4, 0.5) is 0 Å². The Morgan fingerprint density at radius 2 is 0.453 bits per heavy atom. The first-order chi connectivity index (χ1) is 35.5. The van der Waals surface area contributed by atoms with Gasteiger partial charge in [0.05, 0.1) is 127 Å². The van der Waals surface area contributed by atoms with E-state index in [4.69, 9.17) is 28.4 Å². The van der Waals surface area contributed by atoms with E-state index in [1.165, 1.54) is 72.8 Å². The van der Waals surface area contributed by atoms with E-state index in [1.54, 1.807) is 20.8 Å². The van der Waals surface area contributed by atoms with Crippen molar-refractivity contribution >= 4 is 65.9 Å². The van der Waals surface area contributed by atoms with Crippen LogP contribution in [0, 0.1) is 20.8 Å². The summed E-state index contributed by atoms with van der Waals surface area (Å²) in [6, 6.07) is 4.63. The minimum atomic E-state index is -5.02. The van der Waals surface area contributed by atoms with Crippen LogP contribution in [0.25, 0.3) is 0 Å². The number of methoxy groups -OCH3 is 6. The van der Waals surface area contributed by atoms with Gasteiger partial charge in [-0.3, -0.25) is 0 Å². The monoisotopic (exact) mass is 1080 g/mol. The van der Waals surface area contributed by atoms with Gasteiger partial charge in [-0.05, 0) is 90.6 Å². The van der Waals surface area contributed by atoms with Crippen LogP contribution in [-0.2, 0) is 87.3 Å². The zero-order valence-electron chi connectivity index (χ0n) is 41.3. The molecule has 21 nitrogen and oxygen atoms in total. The topological polar surface area (TPSA) is 270 Å². The van der Waals surface area contributed by atoms with E-state index in [0.29, 0.717) is 16.7 Å². The Hall–Kier alpha value is -7.35. The van der Waals surface area contributed by atoms with Gasteiger partial charge in [-0.15, -0.1) is 0 Å². The molecule has 6 aliphatic rings. The lowest BCUT2D eigenvalue weighted by molar-refractivity contribution is -0.139. The number of carbonyl (C=O) groups is 6. The molecule has 10 rings (SSSR count). The van der Waals surface area contributed by atoms with Gasteiger partial charge >= 0.3 is 35.8 Å². The third kappa shape index (κ3) is 6.78. The van der Waals surface area contributed by atoms with E-state index in [-0.39, 0.29) is 48.1 Å². The first-order valence-corrected chi connectivity index (χ1v) is 27.1. The molecule has 6 aliphatic heterocycles. The van der Waals surface area contributed by atoms with Crippen molar-refractivity contribution in [2.24, 2.45) is 0 Å². The highest BCUT2D eigenvalue weighted by Crippen LogP contribution is 2.73. The molecule has 0 amide bonds. The maximum Gasteiger partial charge on any atom is 0.336 e. The number of benzene rings is 4. The Morgan fingerprint density at radius 3 is 0.587 bits per heavy atom. The Bertz CT molecular complexity index is 3210. The molecule has 6 bridgehead atoms. The van der Waals surface area contributed by atoms with Gasteiger partial charge in [-0.2, -0.15) is 12.9 Å². The molecule has 0 radical (unpaired) electrons. The molecule has 6 atom stereocenters. The molecule has 0 fully saturated rings. The highest BCUT2D eigenvalue weighted by Gasteiger charge is 2.71. The van der Waals surface area contributed by atoms with E-state index in [1.807, 2.05) is 0 Å². The van der Waals surface area contributed by atoms with Crippen molar-refractivity contribution in [3.05, 3.63) is 156 Å². The van der Waals surface area contributed by atoms with Crippen molar-refractivity contribution in [2.45, 2.75) is 71.7 Å². The van der Waals surface area contributed by atoms with Gasteiger partial charge in [-0.25, -0.2) is 54.0 Å². The van der Waals surface area contributed by atoms with Gasteiger partial charge in [0.2, 0.25) is 30.1 Å². The molecule has 0 saturated heterocycles. The van der Waals surface area contributed by atoms with Crippen molar-refractivity contribution in [3.8, 4) is 0 Å². The maximum absolute atomic E-state index is 15.7. The maximum atomic E-state index is 15.7. The third-order valence-corrected chi connectivity index (χ3v) is 20.2. The minimum Gasteiger partial charge on any atom is -0.466 e. The van der Waals surface area contributed by atoms with Gasteiger partial charge in [0.15, 0.2) is 0 Å². The van der Waals surface area contributed by atoms with Crippen molar-refractivity contribution in [1.82, 2.24) is 12.9 Å². The van der Waals surface area contributed by atoms with Gasteiger partial charge in [0.1, 0.15) is 0 Å². The summed E-state index contributed by atoms with van der Waals surface area (Å²) in [5.74, 6) is -7.46. The van der Waals surface area contributed by atoms with Crippen LogP contribution in [-0.4, -0.2) is 117 Å². The van der Waals surface area contributed by atoms with Crippen molar-refractivity contribution < 1.29 is 82.4 Å². The highest BCUT2D eigenvalue weighted by atomic mass is 32.2. The molecule has 0 N–H and O–H groups in total. The summed E-state index contributed by atoms with van der Waals surface area (Å²) in [5.41, 5.74) is -3.14. The fraction of sp³-hybridized carbons (Fsp3) is 0.294. The Labute approximate surface area is 430 Å². The molecule has 6 heterocycles. The van der Waals surface area contributed by atoms with Crippen LogP contribution in [0.5, 0.6) is 0 Å². The van der Waals surface area contributed by atoms with Crippen LogP contribution < -0.4 is 0 Å². The van der Waals surface area contributed by atoms with E-state index >= 15 is 25.3 Å². The molecule has 75 heavy (non-hydrogen) atoms. The predicted octanol–water partition coefficient (Wildman–Crippen LogP) is 3.94. The summed E-state index contributed by atoms with van der Waals surface area (Å²) in [5, 5.41) is 0. The number of nitrogens with zero attached hydrogens (tertiary/aromatic N) is 3. The van der Waals surface area contributed by atoms with E-state index in [0.717, 1.165) is 55.6 Å². The first-order valence-electron chi connectivity index (χ1n) is 22.8. The Kier molecular flexibility index (Phi) is 12.0. The fourth-order valence-corrected chi connectivity index (χ4v) is 16.8. The van der Waals surface area contributed by atoms with E-state index < -0.39 is 136 Å². The van der Waals surface area contributed by atoms with Crippen molar-refractivity contribution in [1.29, 1.82) is 0 Å². The van der Waals surface area contributed by atoms with Gasteiger partial charge in [-0.1, -0.05) is 53.1 Å². The summed E-state index contributed by atoms with van der Waals surface area (Å²) in [6.45, 7) is 5.10. The second kappa shape index (κ2) is 17.6. The van der Waals surface area contributed by atoms with Gasteiger partial charge in [0.25, 0.3) is 0 Å². The van der Waals surface area contributed by atoms with Crippen LogP contribution in [0.15, 0.2) is 121 Å². The summed E-state index contributed by atoms with van der Waals surface area (Å²) in [7, 11) is -9.24. The lowest BCUT2D eigenvalue weighted by Crippen LogP contribution is -2.32. The molecule has 24 heteroatoms. The molecule has 4 aromatic rings. The zero-order valence-corrected chi connectivity index (χ0v) is 43.8. The summed E-state index contributed by atoms with van der Waals surface area (Å²) >= 11 is 0. The number of sulfonamides is 3. The number of hydrogen-bond acceptors (Lipinski definition) is 18. The number of carbonyl (C=O) groups excluding carboxylic acids is 6. The molecule has 0 aliphatic carbocycles.